The number of halogens is 1. The van der Waals surface area contributed by atoms with E-state index in [2.05, 4.69) is 27.5 Å². The van der Waals surface area contributed by atoms with Gasteiger partial charge in [0, 0.05) is 31.7 Å². The normalized spacial score (nSPS) is 14.5. The van der Waals surface area contributed by atoms with E-state index in [1.807, 2.05) is 24.3 Å². The van der Waals surface area contributed by atoms with Crippen molar-refractivity contribution in [2.75, 3.05) is 31.2 Å². The van der Waals surface area contributed by atoms with Crippen molar-refractivity contribution in [1.82, 2.24) is 10.5 Å². The van der Waals surface area contributed by atoms with Crippen molar-refractivity contribution in [3.63, 3.8) is 0 Å². The van der Waals surface area contributed by atoms with E-state index >= 15 is 0 Å². The van der Waals surface area contributed by atoms with Crippen molar-refractivity contribution in [2.24, 2.45) is 0 Å². The number of aromatic nitrogens is 1. The fourth-order valence-corrected chi connectivity index (χ4v) is 3.27. The minimum atomic E-state index is -0.302. The van der Waals surface area contributed by atoms with E-state index in [0.29, 0.717) is 43.4 Å². The largest absolute Gasteiger partial charge is 0.378 e. The molecule has 0 unspecified atom stereocenters. The van der Waals surface area contributed by atoms with Crippen LogP contribution >= 0.6 is 0 Å². The van der Waals surface area contributed by atoms with Gasteiger partial charge < -0.3 is 19.5 Å². The molecule has 0 aliphatic carbocycles. The Hall–Kier alpha value is -2.70. The number of anilines is 1. The fourth-order valence-electron chi connectivity index (χ4n) is 3.27. The van der Waals surface area contributed by atoms with E-state index in [0.717, 1.165) is 18.7 Å². The van der Waals surface area contributed by atoms with Gasteiger partial charge in [0.05, 0.1) is 18.8 Å². The van der Waals surface area contributed by atoms with Crippen molar-refractivity contribution in [2.45, 2.75) is 13.1 Å². The van der Waals surface area contributed by atoms with Crippen LogP contribution in [0.15, 0.2) is 59.1 Å². The van der Waals surface area contributed by atoms with Gasteiger partial charge in [0.2, 0.25) is 5.88 Å². The molecule has 27 heavy (non-hydrogen) atoms. The minimum absolute atomic E-state index is 0.302. The quantitative estimate of drug-likeness (QED) is 0.721. The lowest BCUT2D eigenvalue weighted by atomic mass is 10.1. The first-order valence-electron chi connectivity index (χ1n) is 9.13. The van der Waals surface area contributed by atoms with Gasteiger partial charge in [0.15, 0.2) is 0 Å². The number of ether oxygens (including phenoxy) is 1. The smallest absolute Gasteiger partial charge is 0.232 e. The monoisotopic (exact) mass is 367 g/mol. The first-order chi connectivity index (χ1) is 13.3. The molecule has 1 N–H and O–H groups in total. The van der Waals surface area contributed by atoms with Gasteiger partial charge in [-0.05, 0) is 17.7 Å². The lowest BCUT2D eigenvalue weighted by Crippen LogP contribution is -2.36. The Kier molecular flexibility index (Phi) is 5.46. The molecule has 0 bridgehead atoms. The topological polar surface area (TPSA) is 50.5 Å². The molecule has 1 aliphatic rings. The van der Waals surface area contributed by atoms with Crippen LogP contribution in [0.4, 0.5) is 10.3 Å². The summed E-state index contributed by atoms with van der Waals surface area (Å²) < 4.78 is 25.5. The van der Waals surface area contributed by atoms with E-state index < -0.39 is 0 Å². The van der Waals surface area contributed by atoms with Crippen LogP contribution in [0.3, 0.4) is 0 Å². The highest BCUT2D eigenvalue weighted by atomic mass is 19.1. The highest BCUT2D eigenvalue weighted by Gasteiger charge is 2.25. The van der Waals surface area contributed by atoms with Crippen LogP contribution in [0.5, 0.6) is 0 Å². The van der Waals surface area contributed by atoms with Crippen LogP contribution in [0.25, 0.3) is 11.3 Å². The SMILES string of the molecule is Fc1ccccc1-c1noc(N2CCOCC2)c1CNCc1ccccc1. The second kappa shape index (κ2) is 8.33. The molecule has 1 saturated heterocycles. The molecule has 1 aliphatic heterocycles. The Balaban J connectivity index is 1.61. The van der Waals surface area contributed by atoms with Crippen molar-refractivity contribution < 1.29 is 13.7 Å². The average Bonchev–Trinajstić information content (AvgIpc) is 3.13. The van der Waals surface area contributed by atoms with E-state index in [9.17, 15) is 4.39 Å². The maximum atomic E-state index is 14.4. The summed E-state index contributed by atoms with van der Waals surface area (Å²) in [6.45, 7) is 4.01. The predicted octanol–water partition coefficient (Wildman–Crippen LogP) is 3.61. The minimum Gasteiger partial charge on any atom is -0.378 e. The molecule has 5 nitrogen and oxygen atoms in total. The van der Waals surface area contributed by atoms with Crippen LogP contribution in [-0.4, -0.2) is 31.5 Å². The van der Waals surface area contributed by atoms with Gasteiger partial charge in [-0.2, -0.15) is 0 Å². The van der Waals surface area contributed by atoms with Gasteiger partial charge in [-0.15, -0.1) is 0 Å². The van der Waals surface area contributed by atoms with Crippen LogP contribution < -0.4 is 10.2 Å². The molecule has 0 spiro atoms. The highest BCUT2D eigenvalue weighted by Crippen LogP contribution is 2.33. The summed E-state index contributed by atoms with van der Waals surface area (Å²) in [5.74, 6) is 0.390. The Morgan fingerprint density at radius 1 is 0.963 bits per heavy atom. The molecule has 1 aromatic heterocycles. The molecule has 6 heteroatoms. The Labute approximate surface area is 157 Å². The zero-order chi connectivity index (χ0) is 18.5. The summed E-state index contributed by atoms with van der Waals surface area (Å²) in [6.07, 6.45) is 0. The van der Waals surface area contributed by atoms with Crippen LogP contribution in [0.2, 0.25) is 0 Å². The van der Waals surface area contributed by atoms with Crippen LogP contribution in [0, 0.1) is 5.82 Å². The molecule has 0 radical (unpaired) electrons. The second-order valence-corrected chi connectivity index (χ2v) is 6.48. The van der Waals surface area contributed by atoms with Gasteiger partial charge in [-0.1, -0.05) is 47.6 Å². The summed E-state index contributed by atoms with van der Waals surface area (Å²) in [7, 11) is 0. The highest BCUT2D eigenvalue weighted by molar-refractivity contribution is 5.68. The first-order valence-corrected chi connectivity index (χ1v) is 9.13. The van der Waals surface area contributed by atoms with Crippen molar-refractivity contribution in [1.29, 1.82) is 0 Å². The second-order valence-electron chi connectivity index (χ2n) is 6.48. The number of nitrogens with zero attached hydrogens (tertiary/aromatic N) is 2. The third-order valence-electron chi connectivity index (χ3n) is 4.67. The summed E-state index contributed by atoms with van der Waals surface area (Å²) in [6, 6.07) is 16.8. The zero-order valence-corrected chi connectivity index (χ0v) is 15.0. The van der Waals surface area contributed by atoms with Gasteiger partial charge in [0.1, 0.15) is 11.5 Å². The maximum Gasteiger partial charge on any atom is 0.232 e. The average molecular weight is 367 g/mol. The van der Waals surface area contributed by atoms with E-state index in [-0.39, 0.29) is 5.82 Å². The standard InChI is InChI=1S/C21H22FN3O2/c22-19-9-5-4-8-17(19)20-18(15-23-14-16-6-2-1-3-7-16)21(27-24-20)25-10-12-26-13-11-25/h1-9,23H,10-15H2. The number of nitrogens with one attached hydrogen (secondary N) is 1. The molecule has 140 valence electrons. The van der Waals surface area contributed by atoms with Gasteiger partial charge in [-0.3, -0.25) is 0 Å². The summed E-state index contributed by atoms with van der Waals surface area (Å²) in [5, 5.41) is 7.64. The number of benzene rings is 2. The summed E-state index contributed by atoms with van der Waals surface area (Å²) in [5.41, 5.74) is 3.07. The van der Waals surface area contributed by atoms with E-state index in [4.69, 9.17) is 9.26 Å². The van der Waals surface area contributed by atoms with Crippen LogP contribution in [-0.2, 0) is 17.8 Å². The molecule has 2 heterocycles. The zero-order valence-electron chi connectivity index (χ0n) is 15.0. The van der Waals surface area contributed by atoms with Crippen molar-refractivity contribution in [3.05, 3.63) is 71.5 Å². The van der Waals surface area contributed by atoms with Crippen molar-refractivity contribution >= 4 is 5.88 Å². The van der Waals surface area contributed by atoms with Crippen molar-refractivity contribution in [3.8, 4) is 11.3 Å². The molecule has 0 saturated carbocycles. The third-order valence-corrected chi connectivity index (χ3v) is 4.67. The maximum absolute atomic E-state index is 14.4. The lowest BCUT2D eigenvalue weighted by Gasteiger charge is -2.26. The summed E-state index contributed by atoms with van der Waals surface area (Å²) >= 11 is 0. The van der Waals surface area contributed by atoms with E-state index in [1.165, 1.54) is 11.6 Å². The van der Waals surface area contributed by atoms with Gasteiger partial charge in [-0.25, -0.2) is 4.39 Å². The molecule has 1 fully saturated rings. The molecular weight excluding hydrogens is 345 g/mol. The Morgan fingerprint density at radius 2 is 1.70 bits per heavy atom. The predicted molar refractivity (Wildman–Crippen MR) is 102 cm³/mol. The Bertz CT molecular complexity index is 876. The number of morpholine rings is 1. The number of hydrogen-bond acceptors (Lipinski definition) is 5. The fraction of sp³-hybridized carbons (Fsp3) is 0.286. The molecule has 4 rings (SSSR count). The number of rotatable bonds is 6. The molecular formula is C21H22FN3O2. The first kappa shape index (κ1) is 17.7. The van der Waals surface area contributed by atoms with Crippen LogP contribution in [0.1, 0.15) is 11.1 Å². The van der Waals surface area contributed by atoms with Gasteiger partial charge >= 0.3 is 0 Å². The molecule has 0 atom stereocenters. The molecule has 3 aromatic rings. The van der Waals surface area contributed by atoms with E-state index in [1.54, 1.807) is 12.1 Å². The Morgan fingerprint density at radius 3 is 2.48 bits per heavy atom. The summed E-state index contributed by atoms with van der Waals surface area (Å²) in [4.78, 5) is 2.11. The van der Waals surface area contributed by atoms with Gasteiger partial charge in [0.25, 0.3) is 0 Å². The third kappa shape index (κ3) is 4.02. The molecule has 2 aromatic carbocycles. The molecule has 0 amide bonds. The lowest BCUT2D eigenvalue weighted by molar-refractivity contribution is 0.120. The number of hydrogen-bond donors (Lipinski definition) is 1.